The number of nitrogens with zero attached hydrogens (tertiary/aromatic N) is 2. The highest BCUT2D eigenvalue weighted by Crippen LogP contribution is 2.45. The van der Waals surface area contributed by atoms with Crippen LogP contribution in [0.5, 0.6) is 0 Å². The lowest BCUT2D eigenvalue weighted by Crippen LogP contribution is -2.56. The number of rotatable bonds is 11. The number of likely N-dealkylation sites (tertiary alicyclic amines) is 1. The maximum absolute atomic E-state index is 12.5. The highest BCUT2D eigenvalue weighted by atomic mass is 32.2. The summed E-state index contributed by atoms with van der Waals surface area (Å²) in [4.78, 5) is 17.9. The van der Waals surface area contributed by atoms with Crippen molar-refractivity contribution >= 4 is 21.6 Å². The largest absolute Gasteiger partial charge is 0.371 e. The normalized spacial score (nSPS) is 24.2. The third kappa shape index (κ3) is 6.45. The molecule has 3 heterocycles. The van der Waals surface area contributed by atoms with Crippen molar-refractivity contribution in [1.82, 2.24) is 20.9 Å². The number of hydrogen-bond acceptors (Lipinski definition) is 6. The molecule has 6 rings (SSSR count). The smallest absolute Gasteiger partial charge is 0.314 e. The van der Waals surface area contributed by atoms with Gasteiger partial charge in [-0.05, 0) is 92.9 Å². The number of carbonyl (C=O) groups excluding carboxylic acids is 1. The molecule has 0 radical (unpaired) electrons. The zero-order valence-electron chi connectivity index (χ0n) is 25.9. The van der Waals surface area contributed by atoms with E-state index < -0.39 is 9.84 Å². The van der Waals surface area contributed by atoms with E-state index in [0.29, 0.717) is 16.7 Å². The highest BCUT2D eigenvalue weighted by Gasteiger charge is 2.46. The average Bonchev–Trinajstić information content (AvgIpc) is 3.86. The fraction of sp³-hybridized carbons (Fsp3) is 0.618. The van der Waals surface area contributed by atoms with Gasteiger partial charge in [-0.15, -0.1) is 0 Å². The Labute approximate surface area is 257 Å². The molecule has 2 aromatic carbocycles. The van der Waals surface area contributed by atoms with Crippen molar-refractivity contribution in [3.8, 4) is 0 Å². The number of carbonyl (C=O) groups is 1. The molecule has 1 saturated carbocycles. The summed E-state index contributed by atoms with van der Waals surface area (Å²) in [5, 5.41) is 9.64. The molecule has 8 nitrogen and oxygen atoms in total. The second kappa shape index (κ2) is 12.8. The van der Waals surface area contributed by atoms with Crippen LogP contribution in [0.2, 0.25) is 0 Å². The number of urea groups is 1. The van der Waals surface area contributed by atoms with Crippen LogP contribution in [0.4, 0.5) is 10.5 Å². The summed E-state index contributed by atoms with van der Waals surface area (Å²) in [6.07, 6.45) is 6.92. The van der Waals surface area contributed by atoms with Crippen molar-refractivity contribution in [3.05, 3.63) is 59.7 Å². The third-order valence-electron chi connectivity index (χ3n) is 10.5. The van der Waals surface area contributed by atoms with Crippen LogP contribution in [-0.2, 0) is 21.8 Å². The first kappa shape index (κ1) is 30.4. The molecule has 0 bridgehead atoms. The minimum atomic E-state index is -3.13. The van der Waals surface area contributed by atoms with Gasteiger partial charge in [0.2, 0.25) is 0 Å². The van der Waals surface area contributed by atoms with Crippen molar-refractivity contribution in [1.29, 1.82) is 0 Å². The van der Waals surface area contributed by atoms with Gasteiger partial charge in [-0.1, -0.05) is 37.6 Å². The van der Waals surface area contributed by atoms with Crippen molar-refractivity contribution in [2.75, 3.05) is 51.2 Å². The fourth-order valence-corrected chi connectivity index (χ4v) is 9.66. The summed E-state index contributed by atoms with van der Waals surface area (Å²) in [5.41, 5.74) is 4.02. The van der Waals surface area contributed by atoms with Crippen LogP contribution in [0.25, 0.3) is 0 Å². The quantitative estimate of drug-likeness (QED) is 0.353. The Kier molecular flexibility index (Phi) is 9.04. The van der Waals surface area contributed by atoms with Crippen molar-refractivity contribution in [2.24, 2.45) is 11.8 Å². The molecule has 3 N–H and O–H groups in total. The molecule has 3 fully saturated rings. The van der Waals surface area contributed by atoms with Crippen molar-refractivity contribution in [3.63, 3.8) is 0 Å². The van der Waals surface area contributed by atoms with E-state index in [-0.39, 0.29) is 22.7 Å². The molecule has 2 saturated heterocycles. The first-order chi connectivity index (χ1) is 20.8. The molecule has 0 aromatic heterocycles. The lowest BCUT2D eigenvalue weighted by Gasteiger charge is -2.50. The van der Waals surface area contributed by atoms with Crippen LogP contribution in [-0.4, -0.2) is 77.0 Å². The van der Waals surface area contributed by atoms with Crippen LogP contribution >= 0.6 is 0 Å². The zero-order chi connectivity index (χ0) is 30.0. The Morgan fingerprint density at radius 3 is 2.44 bits per heavy atom. The van der Waals surface area contributed by atoms with Crippen molar-refractivity contribution < 1.29 is 13.2 Å². The molecule has 43 heavy (non-hydrogen) atoms. The minimum Gasteiger partial charge on any atom is -0.371 e. The van der Waals surface area contributed by atoms with E-state index in [9.17, 15) is 13.2 Å². The van der Waals surface area contributed by atoms with Gasteiger partial charge < -0.3 is 25.8 Å². The van der Waals surface area contributed by atoms with Gasteiger partial charge in [-0.3, -0.25) is 0 Å². The maximum Gasteiger partial charge on any atom is 0.314 e. The van der Waals surface area contributed by atoms with E-state index in [1.165, 1.54) is 24.0 Å². The van der Waals surface area contributed by atoms with Gasteiger partial charge in [0, 0.05) is 62.8 Å². The molecule has 9 heteroatoms. The molecule has 1 unspecified atom stereocenters. The summed E-state index contributed by atoms with van der Waals surface area (Å²) in [5.74, 6) is 1.20. The van der Waals surface area contributed by atoms with Crippen molar-refractivity contribution in [2.45, 2.75) is 80.0 Å². The molecule has 234 valence electrons. The number of piperidine rings is 1. The molecule has 4 aliphatic rings. The number of anilines is 1. The Bertz CT molecular complexity index is 1360. The summed E-state index contributed by atoms with van der Waals surface area (Å²) in [7, 11) is -1.43. The molecular formula is C34H49N5O3S. The Morgan fingerprint density at radius 2 is 1.77 bits per heavy atom. The molecule has 2 atom stereocenters. The second-order valence-electron chi connectivity index (χ2n) is 13.4. The Balaban J connectivity index is 1.07. The molecule has 2 aromatic rings. The van der Waals surface area contributed by atoms with E-state index in [0.717, 1.165) is 83.6 Å². The summed E-state index contributed by atoms with van der Waals surface area (Å²) in [6.45, 7) is 9.47. The summed E-state index contributed by atoms with van der Waals surface area (Å²) >= 11 is 0. The van der Waals surface area contributed by atoms with Crippen LogP contribution in [0.3, 0.4) is 0 Å². The van der Waals surface area contributed by atoms with Gasteiger partial charge in [0.1, 0.15) is 0 Å². The van der Waals surface area contributed by atoms with Gasteiger partial charge in [-0.2, -0.15) is 0 Å². The van der Waals surface area contributed by atoms with Crippen LogP contribution in [0.1, 0.15) is 63.0 Å². The summed E-state index contributed by atoms with van der Waals surface area (Å²) in [6, 6.07) is 16.6. The minimum absolute atomic E-state index is 0.00814. The molecule has 0 spiro atoms. The summed E-state index contributed by atoms with van der Waals surface area (Å²) < 4.78 is 25.1. The van der Waals surface area contributed by atoms with E-state index >= 15 is 0 Å². The number of amides is 2. The Hall–Kier alpha value is -2.62. The van der Waals surface area contributed by atoms with Crippen LogP contribution in [0.15, 0.2) is 53.4 Å². The van der Waals surface area contributed by atoms with Gasteiger partial charge >= 0.3 is 6.03 Å². The highest BCUT2D eigenvalue weighted by molar-refractivity contribution is 7.92. The average molecular weight is 608 g/mol. The number of benzene rings is 2. The first-order valence-corrected chi connectivity index (χ1v) is 18.0. The lowest BCUT2D eigenvalue weighted by molar-refractivity contribution is 0.0916. The van der Waals surface area contributed by atoms with Crippen LogP contribution in [0, 0.1) is 11.8 Å². The van der Waals surface area contributed by atoms with Gasteiger partial charge in [0.15, 0.2) is 9.84 Å². The maximum atomic E-state index is 12.5. The Morgan fingerprint density at radius 1 is 1.05 bits per heavy atom. The fourth-order valence-electron chi connectivity index (χ4n) is 8.01. The van der Waals surface area contributed by atoms with Gasteiger partial charge in [0.25, 0.3) is 0 Å². The lowest BCUT2D eigenvalue weighted by atomic mass is 9.61. The molecular weight excluding hydrogens is 558 g/mol. The number of fused-ring (bicyclic) bond motifs is 1. The standard InChI is InChI=1S/C34H49N5O3S/c1-3-6-28(37-33(40)35-2)19-34(24-36-20-26-7-4-5-8-32(26)34)27-15-17-38(18-16-27)21-25-22-39(23-25)29-9-11-30(12-10-29)43(41,42)31-13-14-31/h4-5,7-12,25,27-28,31,36H,3,6,13-24H2,1-2H3,(H2,35,37,40)/t28-,34?/m0/s1. The first-order valence-electron chi connectivity index (χ1n) is 16.4. The molecule has 2 amide bonds. The predicted octanol–water partition coefficient (Wildman–Crippen LogP) is 4.30. The SMILES string of the molecule is CCC[C@@H](CC1(C2CCN(CC3CN(c4ccc(S(=O)(=O)C5CC5)cc4)C3)CC2)CNCc2ccccc21)NC(=O)NC. The molecule has 3 aliphatic heterocycles. The number of hydrogen-bond donors (Lipinski definition) is 3. The topological polar surface area (TPSA) is 93.8 Å². The van der Waals surface area contributed by atoms with E-state index in [4.69, 9.17) is 0 Å². The number of sulfone groups is 1. The van der Waals surface area contributed by atoms with E-state index in [1.54, 1.807) is 19.2 Å². The van der Waals surface area contributed by atoms with E-state index in [1.807, 2.05) is 12.1 Å². The monoisotopic (exact) mass is 607 g/mol. The predicted molar refractivity (Wildman–Crippen MR) is 172 cm³/mol. The van der Waals surface area contributed by atoms with Gasteiger partial charge in [-0.25, -0.2) is 13.2 Å². The third-order valence-corrected chi connectivity index (χ3v) is 12.7. The second-order valence-corrected chi connectivity index (χ2v) is 15.6. The van der Waals surface area contributed by atoms with Crippen LogP contribution < -0.4 is 20.9 Å². The van der Waals surface area contributed by atoms with E-state index in [2.05, 4.69) is 56.9 Å². The zero-order valence-corrected chi connectivity index (χ0v) is 26.7. The van der Waals surface area contributed by atoms with Gasteiger partial charge in [0.05, 0.1) is 10.1 Å². The number of nitrogens with one attached hydrogen (secondary N) is 3. The molecule has 1 aliphatic carbocycles.